The first-order valence-corrected chi connectivity index (χ1v) is 8.14. The maximum absolute atomic E-state index is 5.76. The Kier molecular flexibility index (Phi) is 5.89. The molecule has 0 amide bonds. The normalized spacial score (nSPS) is 12.1. The lowest BCUT2D eigenvalue weighted by molar-refractivity contribution is 0.207. The summed E-state index contributed by atoms with van der Waals surface area (Å²) in [6.45, 7) is 10.1. The summed E-state index contributed by atoms with van der Waals surface area (Å²) in [4.78, 5) is 0. The Balaban J connectivity index is 2.69. The summed E-state index contributed by atoms with van der Waals surface area (Å²) in [5.74, 6) is 0. The average Bonchev–Trinajstić information content (AvgIpc) is 2.30. The lowest BCUT2D eigenvalue weighted by Crippen LogP contribution is -2.31. The van der Waals surface area contributed by atoms with Gasteiger partial charge in [-0.05, 0) is 30.9 Å². The highest BCUT2D eigenvalue weighted by atomic mass is 28.3. The van der Waals surface area contributed by atoms with Crippen molar-refractivity contribution in [2.24, 2.45) is 0 Å². The molecule has 0 saturated carbocycles. The van der Waals surface area contributed by atoms with Crippen LogP contribution in [0.25, 0.3) is 0 Å². The van der Waals surface area contributed by atoms with E-state index in [9.17, 15) is 0 Å². The van der Waals surface area contributed by atoms with Crippen LogP contribution in [0.5, 0.6) is 0 Å². The highest BCUT2D eigenvalue weighted by Gasteiger charge is 2.27. The molecule has 0 aliphatic carbocycles. The molecular weight excluding hydrogens is 228 g/mol. The van der Waals surface area contributed by atoms with Gasteiger partial charge >= 0.3 is 9.28 Å². The van der Waals surface area contributed by atoms with Gasteiger partial charge in [-0.1, -0.05) is 44.2 Å². The molecule has 0 unspecified atom stereocenters. The monoisotopic (exact) mass is 252 g/mol. The van der Waals surface area contributed by atoms with Crippen LogP contribution in [0.4, 0.5) is 0 Å². The van der Waals surface area contributed by atoms with E-state index in [1.807, 2.05) is 13.8 Å². The Hall–Kier alpha value is -0.643. The summed E-state index contributed by atoms with van der Waals surface area (Å²) in [7, 11) is -1.53. The molecule has 0 bridgehead atoms. The molecule has 2 nitrogen and oxygen atoms in total. The van der Waals surface area contributed by atoms with Crippen molar-refractivity contribution in [3.8, 4) is 0 Å². The van der Waals surface area contributed by atoms with Gasteiger partial charge < -0.3 is 8.85 Å². The maximum Gasteiger partial charge on any atom is 0.322 e. The van der Waals surface area contributed by atoms with Gasteiger partial charge in [0.15, 0.2) is 0 Å². The highest BCUT2D eigenvalue weighted by molar-refractivity contribution is 6.44. The summed E-state index contributed by atoms with van der Waals surface area (Å²) in [5, 5.41) is 0. The van der Waals surface area contributed by atoms with Gasteiger partial charge in [0.25, 0.3) is 0 Å². The average molecular weight is 252 g/mol. The minimum absolute atomic E-state index is 0.127. The van der Waals surface area contributed by atoms with Crippen molar-refractivity contribution >= 4 is 9.28 Å². The van der Waals surface area contributed by atoms with Crippen molar-refractivity contribution in [1.29, 1.82) is 0 Å². The second kappa shape index (κ2) is 6.94. The van der Waals surface area contributed by atoms with Gasteiger partial charge in [-0.25, -0.2) is 0 Å². The molecule has 1 aromatic rings. The first-order chi connectivity index (χ1) is 8.10. The van der Waals surface area contributed by atoms with Gasteiger partial charge in [0, 0.05) is 13.2 Å². The Morgan fingerprint density at radius 3 is 2.00 bits per heavy atom. The van der Waals surface area contributed by atoms with Gasteiger partial charge in [0.05, 0.1) is 0 Å². The van der Waals surface area contributed by atoms with Crippen LogP contribution in [-0.2, 0) is 14.3 Å². The molecule has 0 fully saturated rings. The van der Waals surface area contributed by atoms with Crippen molar-refractivity contribution in [3.05, 3.63) is 35.9 Å². The van der Waals surface area contributed by atoms with E-state index in [0.29, 0.717) is 0 Å². The second-order valence-electron chi connectivity index (χ2n) is 4.79. The molecule has 0 N–H and O–H groups in total. The Bertz CT molecular complexity index is 305. The minimum Gasteiger partial charge on any atom is -0.397 e. The van der Waals surface area contributed by atoms with Crippen LogP contribution in [0, 0.1) is 0 Å². The van der Waals surface area contributed by atoms with E-state index in [1.165, 1.54) is 5.56 Å². The number of rotatable bonds is 7. The zero-order chi connectivity index (χ0) is 12.7. The molecular formula is C14H24O2Si. The highest BCUT2D eigenvalue weighted by Crippen LogP contribution is 2.29. The largest absolute Gasteiger partial charge is 0.397 e. The summed E-state index contributed by atoms with van der Waals surface area (Å²) in [6.07, 6.45) is 0. The van der Waals surface area contributed by atoms with Crippen LogP contribution in [0.1, 0.15) is 33.3 Å². The third kappa shape index (κ3) is 4.62. The van der Waals surface area contributed by atoms with Gasteiger partial charge in [-0.2, -0.15) is 0 Å². The summed E-state index contributed by atoms with van der Waals surface area (Å²) < 4.78 is 11.5. The molecule has 0 spiro atoms. The number of benzene rings is 1. The second-order valence-corrected chi connectivity index (χ2v) is 6.73. The lowest BCUT2D eigenvalue weighted by atomic mass is 9.87. The van der Waals surface area contributed by atoms with E-state index in [2.05, 4.69) is 44.2 Å². The summed E-state index contributed by atoms with van der Waals surface area (Å²) in [6, 6.07) is 11.6. The molecule has 0 aliphatic rings. The molecule has 96 valence electrons. The third-order valence-electron chi connectivity index (χ3n) is 2.94. The smallest absolute Gasteiger partial charge is 0.322 e. The minimum atomic E-state index is -1.53. The van der Waals surface area contributed by atoms with E-state index in [4.69, 9.17) is 8.85 Å². The molecule has 1 rings (SSSR count). The maximum atomic E-state index is 5.76. The van der Waals surface area contributed by atoms with Crippen LogP contribution in [0.2, 0.25) is 6.04 Å². The molecule has 17 heavy (non-hydrogen) atoms. The van der Waals surface area contributed by atoms with Gasteiger partial charge in [0.1, 0.15) is 0 Å². The van der Waals surface area contributed by atoms with E-state index in [1.54, 1.807) is 0 Å². The van der Waals surface area contributed by atoms with E-state index in [-0.39, 0.29) is 5.41 Å². The number of hydrogen-bond donors (Lipinski definition) is 0. The Morgan fingerprint density at radius 2 is 1.53 bits per heavy atom. The quantitative estimate of drug-likeness (QED) is 0.694. The van der Waals surface area contributed by atoms with E-state index in [0.717, 1.165) is 19.3 Å². The third-order valence-corrected chi connectivity index (χ3v) is 5.70. The van der Waals surface area contributed by atoms with E-state index >= 15 is 0 Å². The lowest BCUT2D eigenvalue weighted by Gasteiger charge is -2.28. The molecule has 0 radical (unpaired) electrons. The van der Waals surface area contributed by atoms with Crippen LogP contribution in [-0.4, -0.2) is 22.5 Å². The molecule has 0 heterocycles. The zero-order valence-electron chi connectivity index (χ0n) is 11.4. The standard InChI is InChI=1S/C14H24O2Si/c1-5-15-17(16-6-2)12-14(3,4)13-10-8-7-9-11-13/h7-11,17H,5-6,12H2,1-4H3. The SMILES string of the molecule is CCO[SiH](CC(C)(C)c1ccccc1)OCC. The fourth-order valence-electron chi connectivity index (χ4n) is 1.96. The molecule has 1 aromatic carbocycles. The fourth-order valence-corrected chi connectivity index (χ4v) is 4.11. The van der Waals surface area contributed by atoms with Crippen LogP contribution < -0.4 is 0 Å². The topological polar surface area (TPSA) is 18.5 Å². The van der Waals surface area contributed by atoms with Gasteiger partial charge in [-0.15, -0.1) is 0 Å². The van der Waals surface area contributed by atoms with Crippen LogP contribution in [0.15, 0.2) is 30.3 Å². The molecule has 0 atom stereocenters. The Labute approximate surface area is 107 Å². The van der Waals surface area contributed by atoms with Gasteiger partial charge in [0.2, 0.25) is 0 Å². The van der Waals surface area contributed by atoms with Crippen molar-refractivity contribution in [1.82, 2.24) is 0 Å². The van der Waals surface area contributed by atoms with Crippen molar-refractivity contribution < 1.29 is 8.85 Å². The first-order valence-electron chi connectivity index (χ1n) is 6.39. The first kappa shape index (κ1) is 14.4. The predicted octanol–water partition coefficient (Wildman–Crippen LogP) is 3.26. The number of hydrogen-bond acceptors (Lipinski definition) is 2. The molecule has 0 saturated heterocycles. The summed E-state index contributed by atoms with van der Waals surface area (Å²) >= 11 is 0. The van der Waals surface area contributed by atoms with Crippen molar-refractivity contribution in [3.63, 3.8) is 0 Å². The molecule has 0 aromatic heterocycles. The zero-order valence-corrected chi connectivity index (χ0v) is 12.6. The van der Waals surface area contributed by atoms with Crippen LogP contribution in [0.3, 0.4) is 0 Å². The molecule has 3 heteroatoms. The van der Waals surface area contributed by atoms with Crippen molar-refractivity contribution in [2.75, 3.05) is 13.2 Å². The fraction of sp³-hybridized carbons (Fsp3) is 0.571. The van der Waals surface area contributed by atoms with Crippen molar-refractivity contribution in [2.45, 2.75) is 39.2 Å². The van der Waals surface area contributed by atoms with Gasteiger partial charge in [-0.3, -0.25) is 0 Å². The summed E-state index contributed by atoms with van der Waals surface area (Å²) in [5.41, 5.74) is 1.49. The van der Waals surface area contributed by atoms with Crippen LogP contribution >= 0.6 is 0 Å². The van der Waals surface area contributed by atoms with E-state index < -0.39 is 9.28 Å². The Morgan fingerprint density at radius 1 is 1.00 bits per heavy atom. The predicted molar refractivity (Wildman–Crippen MR) is 74.7 cm³/mol. The molecule has 0 aliphatic heterocycles.